The van der Waals surface area contributed by atoms with Gasteiger partial charge in [0.2, 0.25) is 5.95 Å². The Hall–Kier alpha value is -3.15. The first-order valence-electron chi connectivity index (χ1n) is 8.92. The standard InChI is InChI=1S/C20H22N6/c1-15-5-4-6-17(13-15)23-20-24-19(14-21-25-20)22-16-7-9-18(10-8-16)26-11-2-3-12-26/h4-10,13-14H,2-3,11-12H2,1H3,(H2,22,23,24,25). The van der Waals surface area contributed by atoms with Crippen LogP contribution in [0.1, 0.15) is 18.4 Å². The smallest absolute Gasteiger partial charge is 0.249 e. The van der Waals surface area contributed by atoms with E-state index < -0.39 is 0 Å². The third kappa shape index (κ3) is 3.91. The van der Waals surface area contributed by atoms with Gasteiger partial charge in [-0.2, -0.15) is 10.1 Å². The van der Waals surface area contributed by atoms with Crippen LogP contribution in [0.2, 0.25) is 0 Å². The van der Waals surface area contributed by atoms with Gasteiger partial charge >= 0.3 is 0 Å². The first kappa shape index (κ1) is 16.3. The second-order valence-electron chi connectivity index (χ2n) is 6.53. The molecule has 1 aliphatic rings. The van der Waals surface area contributed by atoms with Crippen molar-refractivity contribution in [3.05, 3.63) is 60.3 Å². The quantitative estimate of drug-likeness (QED) is 0.719. The van der Waals surface area contributed by atoms with E-state index in [0.717, 1.165) is 24.5 Å². The lowest BCUT2D eigenvalue weighted by molar-refractivity contribution is 0.949. The second-order valence-corrected chi connectivity index (χ2v) is 6.53. The SMILES string of the molecule is Cc1cccc(Nc2nncc(Nc3ccc(N4CCCC4)cc3)n2)c1. The van der Waals surface area contributed by atoms with Crippen molar-refractivity contribution in [2.24, 2.45) is 0 Å². The maximum atomic E-state index is 4.49. The molecule has 2 heterocycles. The Morgan fingerprint density at radius 3 is 2.50 bits per heavy atom. The van der Waals surface area contributed by atoms with Crippen LogP contribution in [0.5, 0.6) is 0 Å². The lowest BCUT2D eigenvalue weighted by atomic mass is 10.2. The third-order valence-electron chi connectivity index (χ3n) is 4.44. The van der Waals surface area contributed by atoms with E-state index in [1.54, 1.807) is 6.20 Å². The van der Waals surface area contributed by atoms with Crippen molar-refractivity contribution in [2.75, 3.05) is 28.6 Å². The highest BCUT2D eigenvalue weighted by atomic mass is 15.3. The van der Waals surface area contributed by atoms with Crippen LogP contribution in [-0.2, 0) is 0 Å². The third-order valence-corrected chi connectivity index (χ3v) is 4.44. The molecule has 1 aliphatic heterocycles. The Morgan fingerprint density at radius 1 is 0.923 bits per heavy atom. The Kier molecular flexibility index (Phi) is 4.64. The normalized spacial score (nSPS) is 13.7. The molecule has 0 bridgehead atoms. The van der Waals surface area contributed by atoms with E-state index in [9.17, 15) is 0 Å². The van der Waals surface area contributed by atoms with Crippen molar-refractivity contribution in [1.82, 2.24) is 15.2 Å². The predicted molar refractivity (Wildman–Crippen MR) is 105 cm³/mol. The van der Waals surface area contributed by atoms with Gasteiger partial charge in [0.25, 0.3) is 0 Å². The molecule has 0 spiro atoms. The van der Waals surface area contributed by atoms with Gasteiger partial charge in [-0.25, -0.2) is 0 Å². The Morgan fingerprint density at radius 2 is 1.73 bits per heavy atom. The van der Waals surface area contributed by atoms with Gasteiger partial charge in [-0.05, 0) is 61.7 Å². The van der Waals surface area contributed by atoms with E-state index in [-0.39, 0.29) is 0 Å². The van der Waals surface area contributed by atoms with Crippen LogP contribution in [0.25, 0.3) is 0 Å². The Bertz CT molecular complexity index is 871. The molecule has 4 rings (SSSR count). The minimum Gasteiger partial charge on any atom is -0.372 e. The number of rotatable bonds is 5. The molecule has 2 aromatic carbocycles. The first-order chi connectivity index (χ1) is 12.8. The van der Waals surface area contributed by atoms with E-state index in [0.29, 0.717) is 11.8 Å². The minimum absolute atomic E-state index is 0.467. The van der Waals surface area contributed by atoms with Crippen LogP contribution in [0.15, 0.2) is 54.7 Å². The maximum Gasteiger partial charge on any atom is 0.249 e. The molecule has 0 atom stereocenters. The monoisotopic (exact) mass is 346 g/mol. The fourth-order valence-corrected chi connectivity index (χ4v) is 3.15. The molecular formula is C20H22N6. The van der Waals surface area contributed by atoms with Gasteiger partial charge in [-0.1, -0.05) is 12.1 Å². The molecule has 6 heteroatoms. The molecule has 1 aromatic heterocycles. The van der Waals surface area contributed by atoms with Crippen molar-refractivity contribution in [3.8, 4) is 0 Å². The van der Waals surface area contributed by atoms with Crippen molar-refractivity contribution in [2.45, 2.75) is 19.8 Å². The molecule has 2 N–H and O–H groups in total. The van der Waals surface area contributed by atoms with Gasteiger partial charge in [-0.15, -0.1) is 5.10 Å². The second kappa shape index (κ2) is 7.39. The zero-order chi connectivity index (χ0) is 17.8. The lowest BCUT2D eigenvalue weighted by Crippen LogP contribution is -2.17. The largest absolute Gasteiger partial charge is 0.372 e. The molecular weight excluding hydrogens is 324 g/mol. The van der Waals surface area contributed by atoms with Crippen LogP contribution in [0.4, 0.5) is 28.8 Å². The summed E-state index contributed by atoms with van der Waals surface area (Å²) in [4.78, 5) is 6.90. The van der Waals surface area contributed by atoms with Crippen LogP contribution < -0.4 is 15.5 Å². The molecule has 3 aromatic rings. The number of benzene rings is 2. The van der Waals surface area contributed by atoms with Gasteiger partial charge in [0.1, 0.15) is 0 Å². The summed E-state index contributed by atoms with van der Waals surface area (Å²) in [5.74, 6) is 1.12. The number of aromatic nitrogens is 3. The number of anilines is 5. The highest BCUT2D eigenvalue weighted by Gasteiger charge is 2.11. The molecule has 0 saturated carbocycles. The fraction of sp³-hybridized carbons (Fsp3) is 0.250. The summed E-state index contributed by atoms with van der Waals surface area (Å²) in [5, 5.41) is 14.6. The summed E-state index contributed by atoms with van der Waals surface area (Å²) < 4.78 is 0. The first-order valence-corrected chi connectivity index (χ1v) is 8.92. The van der Waals surface area contributed by atoms with Gasteiger partial charge in [0.15, 0.2) is 5.82 Å². The van der Waals surface area contributed by atoms with Gasteiger partial charge in [0, 0.05) is 30.2 Å². The highest BCUT2D eigenvalue weighted by molar-refractivity contribution is 5.62. The maximum absolute atomic E-state index is 4.49. The number of nitrogens with zero attached hydrogens (tertiary/aromatic N) is 4. The lowest BCUT2D eigenvalue weighted by Gasteiger charge is -2.17. The highest BCUT2D eigenvalue weighted by Crippen LogP contribution is 2.23. The van der Waals surface area contributed by atoms with E-state index in [1.165, 1.54) is 24.1 Å². The minimum atomic E-state index is 0.467. The number of hydrogen-bond donors (Lipinski definition) is 2. The number of aryl methyl sites for hydroxylation is 1. The summed E-state index contributed by atoms with van der Waals surface area (Å²) in [6.07, 6.45) is 4.18. The van der Waals surface area contributed by atoms with Crippen LogP contribution in [-0.4, -0.2) is 28.3 Å². The predicted octanol–water partition coefficient (Wildman–Crippen LogP) is 4.27. The number of hydrogen-bond acceptors (Lipinski definition) is 6. The van der Waals surface area contributed by atoms with Gasteiger partial charge < -0.3 is 15.5 Å². The number of nitrogens with one attached hydrogen (secondary N) is 2. The van der Waals surface area contributed by atoms with Crippen LogP contribution in [0.3, 0.4) is 0 Å². The molecule has 0 aliphatic carbocycles. The van der Waals surface area contributed by atoms with E-state index >= 15 is 0 Å². The molecule has 0 unspecified atom stereocenters. The van der Waals surface area contributed by atoms with Crippen LogP contribution in [0, 0.1) is 6.92 Å². The van der Waals surface area contributed by atoms with E-state index in [4.69, 9.17) is 0 Å². The molecule has 0 amide bonds. The molecule has 1 fully saturated rings. The summed E-state index contributed by atoms with van der Waals surface area (Å²) in [7, 11) is 0. The molecule has 0 radical (unpaired) electrons. The van der Waals surface area contributed by atoms with Crippen molar-refractivity contribution in [3.63, 3.8) is 0 Å². The topological polar surface area (TPSA) is 66.0 Å². The average molecular weight is 346 g/mol. The van der Waals surface area contributed by atoms with Crippen molar-refractivity contribution in [1.29, 1.82) is 0 Å². The molecule has 1 saturated heterocycles. The molecule has 132 valence electrons. The van der Waals surface area contributed by atoms with Crippen molar-refractivity contribution >= 4 is 28.8 Å². The van der Waals surface area contributed by atoms with E-state index in [2.05, 4.69) is 55.0 Å². The van der Waals surface area contributed by atoms with E-state index in [1.807, 2.05) is 31.2 Å². The molecule has 26 heavy (non-hydrogen) atoms. The van der Waals surface area contributed by atoms with Crippen molar-refractivity contribution < 1.29 is 0 Å². The Balaban J connectivity index is 1.45. The fourth-order valence-electron chi connectivity index (χ4n) is 3.15. The zero-order valence-electron chi connectivity index (χ0n) is 14.8. The molecule has 6 nitrogen and oxygen atoms in total. The average Bonchev–Trinajstić information content (AvgIpc) is 3.17. The zero-order valence-corrected chi connectivity index (χ0v) is 14.8. The summed E-state index contributed by atoms with van der Waals surface area (Å²) in [5.41, 5.74) is 4.37. The van der Waals surface area contributed by atoms with Crippen LogP contribution >= 0.6 is 0 Å². The summed E-state index contributed by atoms with van der Waals surface area (Å²) in [6, 6.07) is 16.5. The Labute approximate surface area is 153 Å². The summed E-state index contributed by atoms with van der Waals surface area (Å²) in [6.45, 7) is 4.35. The summed E-state index contributed by atoms with van der Waals surface area (Å²) >= 11 is 0. The van der Waals surface area contributed by atoms with Gasteiger partial charge in [-0.3, -0.25) is 0 Å². The van der Waals surface area contributed by atoms with Gasteiger partial charge in [0.05, 0.1) is 6.20 Å².